The van der Waals surface area contributed by atoms with Crippen molar-refractivity contribution in [2.24, 2.45) is 17.8 Å². The van der Waals surface area contributed by atoms with Crippen molar-refractivity contribution in [2.75, 3.05) is 0 Å². The molecule has 0 aromatic heterocycles. The summed E-state index contributed by atoms with van der Waals surface area (Å²) in [7, 11) is 0. The maximum Gasteiger partial charge on any atom is 0.0696 e. The molecule has 1 heterocycles. The summed E-state index contributed by atoms with van der Waals surface area (Å²) < 4.78 is 0. The fourth-order valence-electron chi connectivity index (χ4n) is 4.47. The largest absolute Gasteiger partial charge is 0.296 e. The van der Waals surface area contributed by atoms with Gasteiger partial charge in [-0.05, 0) is 43.1 Å². The van der Waals surface area contributed by atoms with Gasteiger partial charge in [0, 0.05) is 18.0 Å². The van der Waals surface area contributed by atoms with Crippen molar-refractivity contribution < 1.29 is 0 Å². The zero-order valence-electron chi connectivity index (χ0n) is 14.6. The molecule has 1 saturated heterocycles. The van der Waals surface area contributed by atoms with E-state index in [9.17, 15) is 0 Å². The van der Waals surface area contributed by atoms with Gasteiger partial charge in [0.25, 0.3) is 0 Å². The van der Waals surface area contributed by atoms with Crippen LogP contribution < -0.4 is 10.6 Å². The summed E-state index contributed by atoms with van der Waals surface area (Å²) in [5.74, 6) is 2.06. The third kappa shape index (κ3) is 3.23. The Morgan fingerprint density at radius 3 is 2.73 bits per heavy atom. The summed E-state index contributed by atoms with van der Waals surface area (Å²) in [6.07, 6.45) is 16.4. The van der Waals surface area contributed by atoms with E-state index in [2.05, 4.69) is 68.7 Å². The second-order valence-electron chi connectivity index (χ2n) is 8.25. The fourth-order valence-corrected chi connectivity index (χ4v) is 4.47. The van der Waals surface area contributed by atoms with Crippen LogP contribution in [0.4, 0.5) is 0 Å². The molecule has 2 nitrogen and oxygen atoms in total. The molecule has 1 fully saturated rings. The van der Waals surface area contributed by atoms with E-state index in [-0.39, 0.29) is 5.66 Å². The van der Waals surface area contributed by atoms with Gasteiger partial charge in [-0.3, -0.25) is 10.6 Å². The van der Waals surface area contributed by atoms with Gasteiger partial charge >= 0.3 is 0 Å². The first-order chi connectivity index (χ1) is 10.5. The van der Waals surface area contributed by atoms with Crippen LogP contribution in [0, 0.1) is 17.8 Å². The van der Waals surface area contributed by atoms with Gasteiger partial charge in [-0.1, -0.05) is 58.1 Å². The molecule has 0 aromatic rings. The Morgan fingerprint density at radius 2 is 2.00 bits per heavy atom. The Hall–Kier alpha value is -0.860. The first kappa shape index (κ1) is 16.0. The third-order valence-corrected chi connectivity index (χ3v) is 5.32. The highest BCUT2D eigenvalue weighted by Gasteiger charge is 2.46. The molecular weight excluding hydrogens is 268 g/mol. The second-order valence-corrected chi connectivity index (χ2v) is 8.25. The Kier molecular flexibility index (Phi) is 4.61. The van der Waals surface area contributed by atoms with Crippen LogP contribution in [0.15, 0.2) is 36.0 Å². The molecule has 0 spiro atoms. The minimum atomic E-state index is 0.0994. The predicted molar refractivity (Wildman–Crippen MR) is 94.6 cm³/mol. The van der Waals surface area contributed by atoms with Crippen molar-refractivity contribution in [1.82, 2.24) is 10.6 Å². The average Bonchev–Trinajstić information content (AvgIpc) is 2.45. The standard InChI is InChI=1S/C20H32N2/c1-14(2)11-12-20(13-15(3)4)21-17-9-5-7-16-8-6-10-18(22-20)19(16)17/h5-9,14-15,17-19,21-22H,10-13H2,1-4H3. The highest BCUT2D eigenvalue weighted by Crippen LogP contribution is 2.38. The van der Waals surface area contributed by atoms with Crippen LogP contribution in [0.5, 0.6) is 0 Å². The van der Waals surface area contributed by atoms with Gasteiger partial charge in [-0.25, -0.2) is 0 Å². The summed E-state index contributed by atoms with van der Waals surface area (Å²) >= 11 is 0. The zero-order chi connectivity index (χ0) is 15.7. The molecule has 2 N–H and O–H groups in total. The minimum Gasteiger partial charge on any atom is -0.296 e. The summed E-state index contributed by atoms with van der Waals surface area (Å²) in [6, 6.07) is 1.07. The molecule has 4 atom stereocenters. The molecule has 2 heteroatoms. The maximum absolute atomic E-state index is 4.05. The number of hydrogen-bond acceptors (Lipinski definition) is 2. The quantitative estimate of drug-likeness (QED) is 0.796. The van der Waals surface area contributed by atoms with E-state index >= 15 is 0 Å². The molecule has 122 valence electrons. The van der Waals surface area contributed by atoms with Gasteiger partial charge in [0.15, 0.2) is 0 Å². The molecule has 2 aliphatic carbocycles. The summed E-state index contributed by atoms with van der Waals surface area (Å²) in [5.41, 5.74) is 1.59. The van der Waals surface area contributed by atoms with E-state index in [4.69, 9.17) is 0 Å². The lowest BCUT2D eigenvalue weighted by atomic mass is 9.72. The lowest BCUT2D eigenvalue weighted by Gasteiger charge is -2.53. The smallest absolute Gasteiger partial charge is 0.0696 e. The van der Waals surface area contributed by atoms with Crippen LogP contribution in [0.2, 0.25) is 0 Å². The second kappa shape index (κ2) is 6.33. The van der Waals surface area contributed by atoms with Crippen molar-refractivity contribution in [3.8, 4) is 0 Å². The lowest BCUT2D eigenvalue weighted by molar-refractivity contribution is 0.0819. The predicted octanol–water partition coefficient (Wildman–Crippen LogP) is 4.17. The van der Waals surface area contributed by atoms with Gasteiger partial charge in [0.1, 0.15) is 0 Å². The molecule has 22 heavy (non-hydrogen) atoms. The lowest BCUT2D eigenvalue weighted by Crippen LogP contribution is -2.72. The molecule has 0 bridgehead atoms. The van der Waals surface area contributed by atoms with E-state index in [0.717, 1.165) is 12.3 Å². The van der Waals surface area contributed by atoms with Crippen molar-refractivity contribution >= 4 is 0 Å². The molecule has 0 aromatic carbocycles. The van der Waals surface area contributed by atoms with E-state index in [0.29, 0.717) is 23.9 Å². The minimum absolute atomic E-state index is 0.0994. The molecule has 4 unspecified atom stereocenters. The topological polar surface area (TPSA) is 24.1 Å². The van der Waals surface area contributed by atoms with E-state index in [1.165, 1.54) is 24.8 Å². The Balaban J connectivity index is 1.84. The summed E-state index contributed by atoms with van der Waals surface area (Å²) in [6.45, 7) is 9.35. The Labute approximate surface area is 136 Å². The number of allylic oxidation sites excluding steroid dienone is 3. The van der Waals surface area contributed by atoms with Crippen LogP contribution in [0.3, 0.4) is 0 Å². The molecule has 0 saturated carbocycles. The summed E-state index contributed by atoms with van der Waals surface area (Å²) in [5, 5.41) is 8.06. The van der Waals surface area contributed by atoms with Gasteiger partial charge < -0.3 is 0 Å². The zero-order valence-corrected chi connectivity index (χ0v) is 14.6. The molecule has 1 aliphatic heterocycles. The molecular formula is C20H32N2. The summed E-state index contributed by atoms with van der Waals surface area (Å²) in [4.78, 5) is 0. The van der Waals surface area contributed by atoms with Crippen LogP contribution >= 0.6 is 0 Å². The number of rotatable bonds is 5. The van der Waals surface area contributed by atoms with E-state index in [1.54, 1.807) is 0 Å². The monoisotopic (exact) mass is 300 g/mol. The Morgan fingerprint density at radius 1 is 1.18 bits per heavy atom. The van der Waals surface area contributed by atoms with Crippen LogP contribution in [0.1, 0.15) is 53.4 Å². The van der Waals surface area contributed by atoms with Crippen LogP contribution in [-0.2, 0) is 0 Å². The third-order valence-electron chi connectivity index (χ3n) is 5.32. The van der Waals surface area contributed by atoms with E-state index < -0.39 is 0 Å². The maximum atomic E-state index is 4.05. The van der Waals surface area contributed by atoms with Crippen molar-refractivity contribution in [1.29, 1.82) is 0 Å². The van der Waals surface area contributed by atoms with Gasteiger partial charge in [0.05, 0.1) is 5.66 Å². The normalized spacial score (nSPS) is 36.6. The van der Waals surface area contributed by atoms with Crippen molar-refractivity contribution in [3.63, 3.8) is 0 Å². The fraction of sp³-hybridized carbons (Fsp3) is 0.700. The number of nitrogens with one attached hydrogen (secondary N) is 2. The van der Waals surface area contributed by atoms with Crippen LogP contribution in [0.25, 0.3) is 0 Å². The molecule has 0 radical (unpaired) electrons. The first-order valence-corrected chi connectivity index (χ1v) is 9.09. The van der Waals surface area contributed by atoms with Crippen LogP contribution in [-0.4, -0.2) is 17.7 Å². The van der Waals surface area contributed by atoms with Crippen molar-refractivity contribution in [2.45, 2.75) is 71.1 Å². The van der Waals surface area contributed by atoms with Gasteiger partial charge in [-0.2, -0.15) is 0 Å². The van der Waals surface area contributed by atoms with Gasteiger partial charge in [0.2, 0.25) is 0 Å². The SMILES string of the molecule is CC(C)CCC1(CC(C)C)NC2C=CC=C3C=CCC(N1)C32. The van der Waals surface area contributed by atoms with Gasteiger partial charge in [-0.15, -0.1) is 0 Å². The average molecular weight is 300 g/mol. The first-order valence-electron chi connectivity index (χ1n) is 9.09. The highest BCUT2D eigenvalue weighted by atomic mass is 15.3. The van der Waals surface area contributed by atoms with Crippen molar-refractivity contribution in [3.05, 3.63) is 36.0 Å². The molecule has 0 amide bonds. The molecule has 3 aliphatic rings. The molecule has 3 rings (SSSR count). The Bertz CT molecular complexity index is 486. The number of hydrogen-bond donors (Lipinski definition) is 2. The highest BCUT2D eigenvalue weighted by molar-refractivity contribution is 5.38. The van der Waals surface area contributed by atoms with E-state index in [1.807, 2.05) is 0 Å².